The number of ether oxygens (including phenoxy) is 1. The molecule has 0 aliphatic rings. The van der Waals surface area contributed by atoms with Crippen LogP contribution in [-0.4, -0.2) is 15.9 Å². The Hall–Kier alpha value is -2.15. The molecule has 0 aliphatic carbocycles. The van der Waals surface area contributed by atoms with Crippen LogP contribution in [0.4, 0.5) is 0 Å². The lowest BCUT2D eigenvalue weighted by molar-refractivity contribution is 0.1000. The number of primary amides is 1. The second kappa shape index (κ2) is 5.01. The Morgan fingerprint density at radius 3 is 2.94 bits per heavy atom. The monoisotopic (exact) mass is 309 g/mol. The number of halogens is 1. The molecule has 3 N–H and O–H groups in total. The maximum Gasteiger partial charge on any atom is 0.268 e. The average molecular weight is 310 g/mol. The SMILES string of the molecule is NC(=O)c1cccc(Oc2nc[nH]c(=O)c2Br)c1. The molecule has 2 aromatic rings. The zero-order valence-corrected chi connectivity index (χ0v) is 10.6. The van der Waals surface area contributed by atoms with Crippen LogP contribution < -0.4 is 16.0 Å². The lowest BCUT2D eigenvalue weighted by Crippen LogP contribution is -2.11. The van der Waals surface area contributed by atoms with Crippen molar-refractivity contribution in [3.05, 3.63) is 51.0 Å². The molecule has 1 aromatic heterocycles. The molecule has 0 saturated carbocycles. The number of rotatable bonds is 3. The number of nitrogens with two attached hydrogens (primary N) is 1. The van der Waals surface area contributed by atoms with E-state index >= 15 is 0 Å². The van der Waals surface area contributed by atoms with Gasteiger partial charge in [0.25, 0.3) is 5.56 Å². The van der Waals surface area contributed by atoms with Crippen LogP contribution in [0.3, 0.4) is 0 Å². The molecule has 18 heavy (non-hydrogen) atoms. The van der Waals surface area contributed by atoms with Crippen LogP contribution in [0, 0.1) is 0 Å². The minimum atomic E-state index is -0.557. The molecule has 92 valence electrons. The molecule has 0 saturated heterocycles. The van der Waals surface area contributed by atoms with Crippen molar-refractivity contribution in [2.75, 3.05) is 0 Å². The summed E-state index contributed by atoms with van der Waals surface area (Å²) in [5, 5.41) is 0. The van der Waals surface area contributed by atoms with E-state index < -0.39 is 5.91 Å². The van der Waals surface area contributed by atoms with Gasteiger partial charge in [0.1, 0.15) is 10.2 Å². The lowest BCUT2D eigenvalue weighted by atomic mass is 10.2. The van der Waals surface area contributed by atoms with Crippen molar-refractivity contribution < 1.29 is 9.53 Å². The van der Waals surface area contributed by atoms with Gasteiger partial charge in [-0.25, -0.2) is 4.98 Å². The van der Waals surface area contributed by atoms with E-state index in [0.717, 1.165) is 0 Å². The fraction of sp³-hybridized carbons (Fsp3) is 0. The van der Waals surface area contributed by atoms with Crippen LogP contribution in [0.15, 0.2) is 39.9 Å². The summed E-state index contributed by atoms with van der Waals surface area (Å²) in [5.41, 5.74) is 5.11. The van der Waals surface area contributed by atoms with Gasteiger partial charge in [-0.3, -0.25) is 9.59 Å². The van der Waals surface area contributed by atoms with Gasteiger partial charge < -0.3 is 15.5 Å². The molecule has 0 spiro atoms. The molecule has 2 rings (SSSR count). The fourth-order valence-corrected chi connectivity index (χ4v) is 1.56. The Balaban J connectivity index is 2.34. The minimum absolute atomic E-state index is 0.111. The predicted octanol–water partition coefficient (Wildman–Crippen LogP) is 1.42. The summed E-state index contributed by atoms with van der Waals surface area (Å²) in [4.78, 5) is 28.6. The minimum Gasteiger partial charge on any atom is -0.438 e. The van der Waals surface area contributed by atoms with Gasteiger partial charge in [-0.1, -0.05) is 6.07 Å². The molecule has 0 atom stereocenters. The van der Waals surface area contributed by atoms with Gasteiger partial charge in [0, 0.05) is 5.56 Å². The van der Waals surface area contributed by atoms with Crippen molar-refractivity contribution in [3.63, 3.8) is 0 Å². The number of nitrogens with one attached hydrogen (secondary N) is 1. The van der Waals surface area contributed by atoms with Gasteiger partial charge >= 0.3 is 0 Å². The zero-order chi connectivity index (χ0) is 13.1. The third-order valence-corrected chi connectivity index (χ3v) is 2.80. The smallest absolute Gasteiger partial charge is 0.268 e. The van der Waals surface area contributed by atoms with Crippen molar-refractivity contribution in [1.82, 2.24) is 9.97 Å². The first-order chi connectivity index (χ1) is 8.58. The van der Waals surface area contributed by atoms with Crippen LogP contribution in [-0.2, 0) is 0 Å². The van der Waals surface area contributed by atoms with Crippen LogP contribution in [0.25, 0.3) is 0 Å². The molecule has 1 heterocycles. The molecule has 0 fully saturated rings. The molecule has 0 unspecified atom stereocenters. The van der Waals surface area contributed by atoms with Crippen LogP contribution in [0.1, 0.15) is 10.4 Å². The number of aromatic amines is 1. The summed E-state index contributed by atoms with van der Waals surface area (Å²) < 4.78 is 5.57. The van der Waals surface area contributed by atoms with E-state index in [0.29, 0.717) is 11.3 Å². The summed E-state index contributed by atoms with van der Waals surface area (Å²) >= 11 is 3.06. The number of hydrogen-bond donors (Lipinski definition) is 2. The van der Waals surface area contributed by atoms with Gasteiger partial charge in [0.2, 0.25) is 11.8 Å². The first kappa shape index (κ1) is 12.3. The largest absolute Gasteiger partial charge is 0.438 e. The number of carbonyl (C=O) groups is 1. The molecule has 0 aliphatic heterocycles. The predicted molar refractivity (Wildman–Crippen MR) is 67.6 cm³/mol. The second-order valence-corrected chi connectivity index (χ2v) is 4.14. The highest BCUT2D eigenvalue weighted by Gasteiger charge is 2.09. The van der Waals surface area contributed by atoms with E-state index in [4.69, 9.17) is 10.5 Å². The summed E-state index contributed by atoms with van der Waals surface area (Å²) in [6.45, 7) is 0. The summed E-state index contributed by atoms with van der Waals surface area (Å²) in [6, 6.07) is 6.28. The normalized spacial score (nSPS) is 10.1. The molecule has 0 radical (unpaired) electrons. The number of H-pyrrole nitrogens is 1. The van der Waals surface area contributed by atoms with Crippen LogP contribution in [0.5, 0.6) is 11.6 Å². The van der Waals surface area contributed by atoms with Gasteiger partial charge in [-0.05, 0) is 34.1 Å². The highest BCUT2D eigenvalue weighted by atomic mass is 79.9. The molecule has 0 bridgehead atoms. The number of carbonyl (C=O) groups excluding carboxylic acids is 1. The molecular weight excluding hydrogens is 302 g/mol. The fourth-order valence-electron chi connectivity index (χ4n) is 1.26. The van der Waals surface area contributed by atoms with E-state index in [1.165, 1.54) is 12.4 Å². The standard InChI is InChI=1S/C11H8BrN3O3/c12-8-10(17)14-5-15-11(8)18-7-3-1-2-6(4-7)9(13)16/h1-5H,(H2,13,16)(H,14,15,17). The third kappa shape index (κ3) is 2.57. The molecule has 6 nitrogen and oxygen atoms in total. The maximum absolute atomic E-state index is 11.3. The Morgan fingerprint density at radius 1 is 1.44 bits per heavy atom. The van der Waals surface area contributed by atoms with Crippen LogP contribution in [0.2, 0.25) is 0 Å². The maximum atomic E-state index is 11.3. The average Bonchev–Trinajstić information content (AvgIpc) is 2.35. The summed E-state index contributed by atoms with van der Waals surface area (Å²) in [5.74, 6) is -0.0798. The first-order valence-electron chi connectivity index (χ1n) is 4.89. The van der Waals surface area contributed by atoms with Crippen molar-refractivity contribution in [2.24, 2.45) is 5.73 Å². The van der Waals surface area contributed by atoms with E-state index in [1.807, 2.05) is 0 Å². The zero-order valence-electron chi connectivity index (χ0n) is 9.01. The van der Waals surface area contributed by atoms with Gasteiger partial charge in [-0.15, -0.1) is 0 Å². The van der Waals surface area contributed by atoms with E-state index in [9.17, 15) is 9.59 Å². The summed E-state index contributed by atoms with van der Waals surface area (Å²) in [7, 11) is 0. The van der Waals surface area contributed by atoms with Crippen LogP contribution >= 0.6 is 15.9 Å². The van der Waals surface area contributed by atoms with Crippen molar-refractivity contribution in [1.29, 1.82) is 0 Å². The Kier molecular flexibility index (Phi) is 3.42. The molecule has 7 heteroatoms. The van der Waals surface area contributed by atoms with Crippen molar-refractivity contribution >= 4 is 21.8 Å². The second-order valence-electron chi connectivity index (χ2n) is 3.34. The van der Waals surface area contributed by atoms with E-state index in [-0.39, 0.29) is 15.9 Å². The van der Waals surface area contributed by atoms with E-state index in [1.54, 1.807) is 18.2 Å². The highest BCUT2D eigenvalue weighted by Crippen LogP contribution is 2.24. The third-order valence-electron chi connectivity index (χ3n) is 2.10. The summed E-state index contributed by atoms with van der Waals surface area (Å²) in [6.07, 6.45) is 1.22. The van der Waals surface area contributed by atoms with Crippen molar-refractivity contribution in [3.8, 4) is 11.6 Å². The molecular formula is C11H8BrN3O3. The van der Waals surface area contributed by atoms with Gasteiger partial charge in [0.15, 0.2) is 0 Å². The molecule has 1 amide bonds. The number of amides is 1. The lowest BCUT2D eigenvalue weighted by Gasteiger charge is -2.06. The first-order valence-corrected chi connectivity index (χ1v) is 5.68. The number of benzene rings is 1. The number of aromatic nitrogens is 2. The van der Waals surface area contributed by atoms with Crippen molar-refractivity contribution in [2.45, 2.75) is 0 Å². The number of nitrogens with zero attached hydrogens (tertiary/aromatic N) is 1. The van der Waals surface area contributed by atoms with Gasteiger partial charge in [0.05, 0.1) is 6.33 Å². The Bertz CT molecular complexity index is 654. The molecule has 1 aromatic carbocycles. The topological polar surface area (TPSA) is 98.1 Å². The Labute approximate surface area is 110 Å². The van der Waals surface area contributed by atoms with Gasteiger partial charge in [-0.2, -0.15) is 0 Å². The Morgan fingerprint density at radius 2 is 2.22 bits per heavy atom. The highest BCUT2D eigenvalue weighted by molar-refractivity contribution is 9.10. The number of hydrogen-bond acceptors (Lipinski definition) is 4. The quantitative estimate of drug-likeness (QED) is 0.896. The van der Waals surface area contributed by atoms with E-state index in [2.05, 4.69) is 25.9 Å².